The number of likely N-dealkylation sites (N-methyl/N-ethyl adjacent to an activating group) is 1. The summed E-state index contributed by atoms with van der Waals surface area (Å²) in [6, 6.07) is 0. The van der Waals surface area contributed by atoms with Gasteiger partial charge in [0.25, 0.3) is 0 Å². The van der Waals surface area contributed by atoms with E-state index < -0.39 is 0 Å². The van der Waals surface area contributed by atoms with Crippen molar-refractivity contribution in [3.63, 3.8) is 0 Å². The van der Waals surface area contributed by atoms with Gasteiger partial charge in [-0.05, 0) is 61.8 Å². The molecule has 0 saturated carbocycles. The number of aromatic nitrogens is 1. The summed E-state index contributed by atoms with van der Waals surface area (Å²) in [6.07, 6.45) is 14.0. The fraction of sp³-hybridized carbons (Fsp3) is 0.769. The number of hydrogen-bond donors (Lipinski definition) is 1. The topological polar surface area (TPSA) is 51.2 Å². The van der Waals surface area contributed by atoms with E-state index in [0.717, 1.165) is 25.3 Å². The van der Waals surface area contributed by atoms with Gasteiger partial charge in [-0.25, -0.2) is 0 Å². The smallest absolute Gasteiger partial charge is 0.302 e. The second kappa shape index (κ2) is 23.5. The molecule has 0 radical (unpaired) electrons. The van der Waals surface area contributed by atoms with Crippen LogP contribution in [0.25, 0.3) is 5.57 Å². The van der Waals surface area contributed by atoms with Crippen LogP contribution in [-0.2, 0) is 9.53 Å². The van der Waals surface area contributed by atoms with Crippen LogP contribution in [0.2, 0.25) is 0 Å². The molecule has 0 aliphatic carbocycles. The summed E-state index contributed by atoms with van der Waals surface area (Å²) < 4.78 is 9.03. The predicted molar refractivity (Wildman–Crippen MR) is 139 cm³/mol. The van der Waals surface area contributed by atoms with Gasteiger partial charge in [0.1, 0.15) is 0 Å². The minimum Gasteiger partial charge on any atom is -0.466 e. The van der Waals surface area contributed by atoms with Crippen molar-refractivity contribution in [1.29, 1.82) is 0 Å². The fourth-order valence-corrected chi connectivity index (χ4v) is 3.45. The van der Waals surface area contributed by atoms with Gasteiger partial charge in [0.05, 0.1) is 12.3 Å². The molecule has 0 fully saturated rings. The summed E-state index contributed by atoms with van der Waals surface area (Å²) in [5.41, 5.74) is 3.81. The zero-order valence-electron chi connectivity index (χ0n) is 21.7. The van der Waals surface area contributed by atoms with Crippen LogP contribution in [0, 0.1) is 12.8 Å². The van der Waals surface area contributed by atoms with Crippen LogP contribution < -0.4 is 5.32 Å². The Labute approximate surface area is 197 Å². The van der Waals surface area contributed by atoms with Crippen molar-refractivity contribution in [3.8, 4) is 0 Å². The molecule has 1 aromatic rings. The Morgan fingerprint density at radius 1 is 1.13 bits per heavy atom. The monoisotopic (exact) mass is 454 g/mol. The first kappa shape index (κ1) is 32.0. The number of carbonyl (C=O) groups is 1. The highest BCUT2D eigenvalue weighted by Gasteiger charge is 2.07. The molecule has 0 aliphatic rings. The number of carbonyl (C=O) groups excluding carboxylic acids is 1. The summed E-state index contributed by atoms with van der Waals surface area (Å²) >= 11 is 1.55. The van der Waals surface area contributed by atoms with Gasteiger partial charge in [0, 0.05) is 18.8 Å². The zero-order chi connectivity index (χ0) is 23.9. The number of rotatable bonds is 13. The summed E-state index contributed by atoms with van der Waals surface area (Å²) in [4.78, 5) is 9.98. The van der Waals surface area contributed by atoms with E-state index in [1.807, 2.05) is 14.0 Å². The molecule has 0 amide bonds. The van der Waals surface area contributed by atoms with Gasteiger partial charge in [0.15, 0.2) is 0 Å². The second-order valence-electron chi connectivity index (χ2n) is 8.33. The number of nitrogens with one attached hydrogen (secondary N) is 1. The maximum absolute atomic E-state index is 9.98. The fourth-order valence-electron chi connectivity index (χ4n) is 2.77. The quantitative estimate of drug-likeness (QED) is 0.244. The number of unbranched alkanes of at least 4 members (excludes halogenated alkanes) is 5. The van der Waals surface area contributed by atoms with Gasteiger partial charge in [-0.2, -0.15) is 4.37 Å². The van der Waals surface area contributed by atoms with Gasteiger partial charge in [-0.15, -0.1) is 0 Å². The molecule has 182 valence electrons. The average molecular weight is 455 g/mol. The number of hydrogen-bond acceptors (Lipinski definition) is 5. The average Bonchev–Trinajstić information content (AvgIpc) is 3.15. The lowest BCUT2D eigenvalue weighted by atomic mass is 10.0. The first-order chi connectivity index (χ1) is 14.8. The number of esters is 1. The van der Waals surface area contributed by atoms with Crippen molar-refractivity contribution in [3.05, 3.63) is 22.7 Å². The Bertz CT molecular complexity index is 549. The molecule has 1 heterocycles. The van der Waals surface area contributed by atoms with Gasteiger partial charge < -0.3 is 10.1 Å². The molecule has 1 rings (SSSR count). The molecule has 0 aromatic carbocycles. The Balaban J connectivity index is 0. The highest BCUT2D eigenvalue weighted by atomic mass is 32.1. The van der Waals surface area contributed by atoms with Crippen molar-refractivity contribution < 1.29 is 9.53 Å². The second-order valence-corrected chi connectivity index (χ2v) is 8.96. The lowest BCUT2D eigenvalue weighted by molar-refractivity contribution is -0.140. The highest BCUT2D eigenvalue weighted by molar-refractivity contribution is 7.03. The van der Waals surface area contributed by atoms with Crippen LogP contribution >= 0.6 is 11.5 Å². The van der Waals surface area contributed by atoms with E-state index in [2.05, 4.69) is 60.5 Å². The Morgan fingerprint density at radius 3 is 2.16 bits per heavy atom. The number of allylic oxidation sites excluding steroid dienone is 1. The zero-order valence-corrected chi connectivity index (χ0v) is 22.5. The third-order valence-electron chi connectivity index (χ3n) is 4.51. The largest absolute Gasteiger partial charge is 0.466 e. The number of ether oxygens (including phenoxy) is 1. The molecule has 0 spiro atoms. The lowest BCUT2D eigenvalue weighted by Crippen LogP contribution is -2.10. The maximum atomic E-state index is 9.98. The normalized spacial score (nSPS) is 10.8. The van der Waals surface area contributed by atoms with Gasteiger partial charge in [-0.3, -0.25) is 4.79 Å². The molecule has 0 bridgehead atoms. The van der Waals surface area contributed by atoms with Crippen molar-refractivity contribution in [1.82, 2.24) is 9.69 Å². The van der Waals surface area contributed by atoms with Crippen molar-refractivity contribution in [2.24, 2.45) is 5.92 Å². The maximum Gasteiger partial charge on any atom is 0.302 e. The van der Waals surface area contributed by atoms with Gasteiger partial charge in [-0.1, -0.05) is 79.2 Å². The molecular formula is C26H50N2O2S. The van der Waals surface area contributed by atoms with Crippen molar-refractivity contribution in [2.75, 3.05) is 20.2 Å². The Hall–Kier alpha value is -1.20. The van der Waals surface area contributed by atoms with E-state index in [9.17, 15) is 4.79 Å². The summed E-state index contributed by atoms with van der Waals surface area (Å²) in [5.74, 6) is 0.610. The standard InChI is InChI=1S/C14H24N2S.C7H16.C5H10O2/c1-11(2)7-5-6-8-13(9-15-4)14-12(3)10-17-16-14;1-3-5-7-6-4-2;1-3-4-7-5(2)6/h8,10-11,15H,5-7,9H2,1-4H3;3-7H2,1-2H3;3-4H2,1-2H3/b13-8+;;. The molecule has 1 aromatic heterocycles. The Kier molecular flexibility index (Phi) is 24.2. The van der Waals surface area contributed by atoms with E-state index in [1.54, 1.807) is 11.5 Å². The SMILES string of the molecule is CCCCCCC.CCCOC(C)=O.CNC/C(=C\CCCC(C)C)c1nscc1C. The molecule has 5 heteroatoms. The van der Waals surface area contributed by atoms with E-state index >= 15 is 0 Å². The Morgan fingerprint density at radius 2 is 1.77 bits per heavy atom. The first-order valence-corrected chi connectivity index (χ1v) is 13.1. The third kappa shape index (κ3) is 21.8. The van der Waals surface area contributed by atoms with Crippen LogP contribution in [0.4, 0.5) is 0 Å². The van der Waals surface area contributed by atoms with Crippen molar-refractivity contribution in [2.45, 2.75) is 106 Å². The highest BCUT2D eigenvalue weighted by Crippen LogP contribution is 2.20. The number of aryl methyl sites for hydroxylation is 1. The van der Waals surface area contributed by atoms with E-state index in [1.165, 1.54) is 68.7 Å². The molecule has 0 aliphatic heterocycles. The van der Waals surface area contributed by atoms with Crippen molar-refractivity contribution >= 4 is 23.1 Å². The molecule has 0 atom stereocenters. The summed E-state index contributed by atoms with van der Waals surface area (Å²) in [7, 11) is 1.99. The van der Waals surface area contributed by atoms with Gasteiger partial charge >= 0.3 is 5.97 Å². The summed E-state index contributed by atoms with van der Waals surface area (Å²) in [5, 5.41) is 5.35. The van der Waals surface area contributed by atoms with Crippen LogP contribution in [0.1, 0.15) is 111 Å². The van der Waals surface area contributed by atoms with Gasteiger partial charge in [0.2, 0.25) is 0 Å². The van der Waals surface area contributed by atoms with E-state index in [4.69, 9.17) is 0 Å². The summed E-state index contributed by atoms with van der Waals surface area (Å²) in [6.45, 7) is 16.0. The predicted octanol–water partition coefficient (Wildman–Crippen LogP) is 7.82. The molecule has 1 N–H and O–H groups in total. The molecule has 4 nitrogen and oxygen atoms in total. The van der Waals surface area contributed by atoms with Crippen LogP contribution in [0.3, 0.4) is 0 Å². The first-order valence-electron chi connectivity index (χ1n) is 12.2. The van der Waals surface area contributed by atoms with E-state index in [-0.39, 0.29) is 5.97 Å². The van der Waals surface area contributed by atoms with Crippen LogP contribution in [0.5, 0.6) is 0 Å². The molecule has 31 heavy (non-hydrogen) atoms. The third-order valence-corrected chi connectivity index (χ3v) is 5.26. The van der Waals surface area contributed by atoms with Crippen LogP contribution in [-0.4, -0.2) is 30.5 Å². The van der Waals surface area contributed by atoms with Crippen LogP contribution in [0.15, 0.2) is 11.5 Å². The molecular weight excluding hydrogens is 404 g/mol. The molecule has 0 saturated heterocycles. The number of nitrogens with zero attached hydrogens (tertiary/aromatic N) is 1. The molecule has 0 unspecified atom stereocenters. The lowest BCUT2D eigenvalue weighted by Gasteiger charge is -2.06. The van der Waals surface area contributed by atoms with E-state index in [0.29, 0.717) is 6.61 Å². The minimum atomic E-state index is -0.193. The minimum absolute atomic E-state index is 0.193.